The van der Waals surface area contributed by atoms with Crippen molar-refractivity contribution < 1.29 is 4.74 Å². The fourth-order valence-electron chi connectivity index (χ4n) is 2.15. The van der Waals surface area contributed by atoms with Crippen molar-refractivity contribution in [3.05, 3.63) is 22.9 Å². The molecule has 4 heteroatoms. The normalized spacial score (nSPS) is 14.4. The largest absolute Gasteiger partial charge is 0.477 e. The third-order valence-electron chi connectivity index (χ3n) is 3.08. The SMILES string of the molecule is CC(C)COc1nc2c(cc1C(N)=S)CCCC2. The molecule has 1 aromatic heterocycles. The number of hydrogen-bond acceptors (Lipinski definition) is 3. The predicted molar refractivity (Wildman–Crippen MR) is 77.1 cm³/mol. The van der Waals surface area contributed by atoms with Crippen LogP contribution >= 0.6 is 12.2 Å². The monoisotopic (exact) mass is 264 g/mol. The van der Waals surface area contributed by atoms with E-state index in [1.54, 1.807) is 0 Å². The Bertz CT molecular complexity index is 457. The van der Waals surface area contributed by atoms with E-state index >= 15 is 0 Å². The Morgan fingerprint density at radius 1 is 1.44 bits per heavy atom. The molecule has 0 atom stereocenters. The van der Waals surface area contributed by atoms with E-state index in [9.17, 15) is 0 Å². The Morgan fingerprint density at radius 2 is 2.17 bits per heavy atom. The van der Waals surface area contributed by atoms with E-state index in [1.165, 1.54) is 18.4 Å². The first-order valence-corrected chi connectivity index (χ1v) is 6.94. The van der Waals surface area contributed by atoms with E-state index in [0.29, 0.717) is 23.4 Å². The van der Waals surface area contributed by atoms with Crippen molar-refractivity contribution in [3.8, 4) is 5.88 Å². The van der Waals surface area contributed by atoms with Gasteiger partial charge in [-0.25, -0.2) is 4.98 Å². The van der Waals surface area contributed by atoms with E-state index in [1.807, 2.05) is 0 Å². The minimum atomic E-state index is 0.370. The molecule has 0 radical (unpaired) electrons. The summed E-state index contributed by atoms with van der Waals surface area (Å²) in [5, 5.41) is 0. The lowest BCUT2D eigenvalue weighted by atomic mass is 9.95. The van der Waals surface area contributed by atoms with Crippen LogP contribution in [0.4, 0.5) is 0 Å². The van der Waals surface area contributed by atoms with Gasteiger partial charge in [0.1, 0.15) is 4.99 Å². The first-order chi connectivity index (χ1) is 8.58. The number of hydrogen-bond donors (Lipinski definition) is 1. The summed E-state index contributed by atoms with van der Waals surface area (Å²) in [6, 6.07) is 2.07. The molecule has 0 saturated carbocycles. The standard InChI is InChI=1S/C14H20N2OS/c1-9(2)8-17-14-11(13(15)18)7-10-5-3-4-6-12(10)16-14/h7,9H,3-6,8H2,1-2H3,(H2,15,18). The summed E-state index contributed by atoms with van der Waals surface area (Å²) in [6.07, 6.45) is 4.53. The number of rotatable bonds is 4. The van der Waals surface area contributed by atoms with Crippen LogP contribution in [0.15, 0.2) is 6.07 Å². The van der Waals surface area contributed by atoms with E-state index < -0.39 is 0 Å². The van der Waals surface area contributed by atoms with Crippen LogP contribution in [-0.4, -0.2) is 16.6 Å². The molecule has 18 heavy (non-hydrogen) atoms. The van der Waals surface area contributed by atoms with E-state index in [2.05, 4.69) is 24.9 Å². The average molecular weight is 264 g/mol. The topological polar surface area (TPSA) is 48.1 Å². The van der Waals surface area contributed by atoms with Gasteiger partial charge in [0, 0.05) is 5.69 Å². The zero-order valence-corrected chi connectivity index (χ0v) is 11.8. The Balaban J connectivity index is 2.33. The van der Waals surface area contributed by atoms with Gasteiger partial charge in [0.15, 0.2) is 0 Å². The van der Waals surface area contributed by atoms with Crippen molar-refractivity contribution in [1.29, 1.82) is 0 Å². The maximum atomic E-state index is 5.77. The first kappa shape index (κ1) is 13.3. The molecule has 3 nitrogen and oxygen atoms in total. The summed E-state index contributed by atoms with van der Waals surface area (Å²) in [6.45, 7) is 4.86. The highest BCUT2D eigenvalue weighted by atomic mass is 32.1. The van der Waals surface area contributed by atoms with Crippen molar-refractivity contribution in [2.24, 2.45) is 11.7 Å². The molecule has 0 unspecified atom stereocenters. The van der Waals surface area contributed by atoms with E-state index in [0.717, 1.165) is 24.1 Å². The van der Waals surface area contributed by atoms with Gasteiger partial charge in [0.25, 0.3) is 0 Å². The highest BCUT2D eigenvalue weighted by molar-refractivity contribution is 7.80. The maximum Gasteiger partial charge on any atom is 0.224 e. The molecule has 0 aliphatic heterocycles. The summed E-state index contributed by atoms with van der Waals surface area (Å²) in [7, 11) is 0. The van der Waals surface area contributed by atoms with Crippen molar-refractivity contribution in [3.63, 3.8) is 0 Å². The minimum Gasteiger partial charge on any atom is -0.477 e. The number of aromatic nitrogens is 1. The van der Waals surface area contributed by atoms with Crippen molar-refractivity contribution in [2.45, 2.75) is 39.5 Å². The van der Waals surface area contributed by atoms with Gasteiger partial charge in [-0.05, 0) is 43.2 Å². The summed E-state index contributed by atoms with van der Waals surface area (Å²) in [5.41, 5.74) is 8.98. The molecule has 0 bridgehead atoms. The van der Waals surface area contributed by atoms with Crippen LogP contribution in [-0.2, 0) is 12.8 Å². The third-order valence-corrected chi connectivity index (χ3v) is 3.30. The molecule has 1 aliphatic rings. The summed E-state index contributed by atoms with van der Waals surface area (Å²) in [5.74, 6) is 1.07. The van der Waals surface area contributed by atoms with Gasteiger partial charge in [-0.3, -0.25) is 0 Å². The summed E-state index contributed by atoms with van der Waals surface area (Å²) < 4.78 is 5.75. The van der Waals surface area contributed by atoms with Crippen molar-refractivity contribution in [2.75, 3.05) is 6.61 Å². The fourth-order valence-corrected chi connectivity index (χ4v) is 2.29. The van der Waals surface area contributed by atoms with Gasteiger partial charge in [-0.15, -0.1) is 0 Å². The van der Waals surface area contributed by atoms with Crippen molar-refractivity contribution >= 4 is 17.2 Å². The second kappa shape index (κ2) is 5.65. The molecular weight excluding hydrogens is 244 g/mol. The van der Waals surface area contributed by atoms with Crippen LogP contribution in [0.25, 0.3) is 0 Å². The van der Waals surface area contributed by atoms with E-state index in [-0.39, 0.29) is 0 Å². The van der Waals surface area contributed by atoms with Gasteiger partial charge in [-0.1, -0.05) is 26.1 Å². The quantitative estimate of drug-likeness (QED) is 0.849. The number of thiocarbonyl (C=S) groups is 1. The zero-order chi connectivity index (χ0) is 13.1. The Hall–Kier alpha value is -1.16. The molecular formula is C14H20N2OS. The van der Waals surface area contributed by atoms with E-state index in [4.69, 9.17) is 22.7 Å². The lowest BCUT2D eigenvalue weighted by molar-refractivity contribution is 0.260. The second-order valence-electron chi connectivity index (χ2n) is 5.22. The molecule has 2 N–H and O–H groups in total. The molecule has 1 aliphatic carbocycles. The number of nitrogens with two attached hydrogens (primary N) is 1. The molecule has 2 rings (SSSR count). The molecule has 0 fully saturated rings. The third kappa shape index (κ3) is 2.99. The van der Waals surface area contributed by atoms with Gasteiger partial charge in [0.2, 0.25) is 5.88 Å². The molecule has 1 aromatic rings. The molecule has 0 spiro atoms. The summed E-state index contributed by atoms with van der Waals surface area (Å²) >= 11 is 5.09. The Morgan fingerprint density at radius 3 is 2.83 bits per heavy atom. The van der Waals surface area contributed by atoms with Crippen molar-refractivity contribution in [1.82, 2.24) is 4.98 Å². The summed E-state index contributed by atoms with van der Waals surface area (Å²) in [4.78, 5) is 4.99. The lowest BCUT2D eigenvalue weighted by Gasteiger charge is -2.19. The number of pyridine rings is 1. The maximum absolute atomic E-state index is 5.77. The van der Waals surface area contributed by atoms with Crippen LogP contribution < -0.4 is 10.5 Å². The van der Waals surface area contributed by atoms with Crippen LogP contribution in [0.5, 0.6) is 5.88 Å². The van der Waals surface area contributed by atoms with Crippen LogP contribution in [0, 0.1) is 5.92 Å². The molecule has 0 aromatic carbocycles. The number of aryl methyl sites for hydroxylation is 2. The van der Waals surface area contributed by atoms with Crippen LogP contribution in [0.3, 0.4) is 0 Å². The number of fused-ring (bicyclic) bond motifs is 1. The van der Waals surface area contributed by atoms with Gasteiger partial charge < -0.3 is 10.5 Å². The second-order valence-corrected chi connectivity index (χ2v) is 5.66. The zero-order valence-electron chi connectivity index (χ0n) is 11.0. The van der Waals surface area contributed by atoms with Gasteiger partial charge >= 0.3 is 0 Å². The molecule has 1 heterocycles. The van der Waals surface area contributed by atoms with Crippen LogP contribution in [0.2, 0.25) is 0 Å². The lowest BCUT2D eigenvalue weighted by Crippen LogP contribution is -2.17. The average Bonchev–Trinajstić information content (AvgIpc) is 2.35. The Labute approximate surface area is 114 Å². The van der Waals surface area contributed by atoms with Crippen LogP contribution in [0.1, 0.15) is 43.5 Å². The Kier molecular flexibility index (Phi) is 4.17. The molecule has 0 amide bonds. The highest BCUT2D eigenvalue weighted by Gasteiger charge is 2.17. The fraction of sp³-hybridized carbons (Fsp3) is 0.571. The predicted octanol–water partition coefficient (Wildman–Crippen LogP) is 2.63. The van der Waals surface area contributed by atoms with Gasteiger partial charge in [-0.2, -0.15) is 0 Å². The number of nitrogens with zero attached hydrogens (tertiary/aromatic N) is 1. The first-order valence-electron chi connectivity index (χ1n) is 6.53. The van der Waals surface area contributed by atoms with Gasteiger partial charge in [0.05, 0.1) is 12.2 Å². The highest BCUT2D eigenvalue weighted by Crippen LogP contribution is 2.26. The minimum absolute atomic E-state index is 0.370. The number of ether oxygens (including phenoxy) is 1. The molecule has 98 valence electrons. The smallest absolute Gasteiger partial charge is 0.224 e. The molecule has 0 saturated heterocycles.